The van der Waals surface area contributed by atoms with Gasteiger partial charge in [-0.1, -0.05) is 56.3 Å². The maximum atomic E-state index is 12.8. The van der Waals surface area contributed by atoms with E-state index in [0.717, 1.165) is 65.7 Å². The minimum atomic E-state index is -0.0866. The zero-order chi connectivity index (χ0) is 26.4. The SMILES string of the molecule is CCN(CC)CCCC(C)NC(=O)/C=C(\C)c1cc2c(-c3cccc4ccccc34)coc2cc1OC. The van der Waals surface area contributed by atoms with Crippen molar-refractivity contribution in [2.24, 2.45) is 0 Å². The van der Waals surface area contributed by atoms with Crippen LogP contribution in [0, 0.1) is 0 Å². The fraction of sp³-hybridized carbons (Fsp3) is 0.344. The van der Waals surface area contributed by atoms with Crippen molar-refractivity contribution in [1.82, 2.24) is 10.2 Å². The van der Waals surface area contributed by atoms with E-state index in [-0.39, 0.29) is 11.9 Å². The first kappa shape index (κ1) is 26.5. The molecular weight excluding hydrogens is 460 g/mol. The number of hydrogen-bond donors (Lipinski definition) is 1. The van der Waals surface area contributed by atoms with Crippen molar-refractivity contribution >= 4 is 33.2 Å². The fourth-order valence-electron chi connectivity index (χ4n) is 4.99. The van der Waals surface area contributed by atoms with Crippen LogP contribution < -0.4 is 10.1 Å². The molecule has 4 aromatic rings. The van der Waals surface area contributed by atoms with Crippen molar-refractivity contribution in [3.8, 4) is 16.9 Å². The summed E-state index contributed by atoms with van der Waals surface area (Å²) in [5, 5.41) is 6.47. The Kier molecular flexibility index (Phi) is 8.67. The molecule has 0 aliphatic carbocycles. The lowest BCUT2D eigenvalue weighted by Gasteiger charge is -2.19. The van der Waals surface area contributed by atoms with Crippen LogP contribution in [0.1, 0.15) is 46.1 Å². The summed E-state index contributed by atoms with van der Waals surface area (Å²) >= 11 is 0. The number of rotatable bonds is 11. The zero-order valence-corrected chi connectivity index (χ0v) is 22.6. The molecule has 1 amide bonds. The molecule has 0 aliphatic rings. The predicted octanol–water partition coefficient (Wildman–Crippen LogP) is 7.29. The molecule has 0 aliphatic heterocycles. The van der Waals surface area contributed by atoms with Crippen molar-refractivity contribution in [3.63, 3.8) is 0 Å². The van der Waals surface area contributed by atoms with Crippen molar-refractivity contribution in [2.75, 3.05) is 26.7 Å². The van der Waals surface area contributed by atoms with Gasteiger partial charge in [0.15, 0.2) is 0 Å². The number of carbonyl (C=O) groups is 1. The van der Waals surface area contributed by atoms with Crippen molar-refractivity contribution in [2.45, 2.75) is 46.6 Å². The summed E-state index contributed by atoms with van der Waals surface area (Å²) in [6.07, 6.45) is 5.49. The lowest BCUT2D eigenvalue weighted by molar-refractivity contribution is -0.117. The molecule has 1 heterocycles. The van der Waals surface area contributed by atoms with Gasteiger partial charge >= 0.3 is 0 Å². The van der Waals surface area contributed by atoms with Gasteiger partial charge in [-0.05, 0) is 74.3 Å². The smallest absolute Gasteiger partial charge is 0.244 e. The van der Waals surface area contributed by atoms with Gasteiger partial charge < -0.3 is 19.4 Å². The molecule has 0 fully saturated rings. The number of amides is 1. The van der Waals surface area contributed by atoms with Crippen LogP contribution in [0.5, 0.6) is 5.75 Å². The van der Waals surface area contributed by atoms with Crippen LogP contribution in [0.2, 0.25) is 0 Å². The van der Waals surface area contributed by atoms with Crippen LogP contribution in [-0.2, 0) is 4.79 Å². The third kappa shape index (κ3) is 6.05. The first-order valence-electron chi connectivity index (χ1n) is 13.2. The Balaban J connectivity index is 1.58. The second-order valence-corrected chi connectivity index (χ2v) is 9.63. The van der Waals surface area contributed by atoms with Gasteiger partial charge in [-0.2, -0.15) is 0 Å². The standard InChI is InChI=1S/C32H38N2O3/c1-6-34(7-2)17-11-12-23(4)33-32(35)18-22(3)27-19-28-29(21-37-31(28)20-30(27)36-5)26-16-10-14-24-13-8-9-15-25(24)26/h8-10,13-16,18-21,23H,6-7,11-12,17H2,1-5H3,(H,33,35)/b22-18+. The molecule has 5 heteroatoms. The largest absolute Gasteiger partial charge is 0.496 e. The lowest BCUT2D eigenvalue weighted by atomic mass is 9.96. The number of hydrogen-bond acceptors (Lipinski definition) is 4. The lowest BCUT2D eigenvalue weighted by Crippen LogP contribution is -2.32. The molecule has 5 nitrogen and oxygen atoms in total. The van der Waals surface area contributed by atoms with E-state index in [9.17, 15) is 4.79 Å². The van der Waals surface area contributed by atoms with Crippen LogP contribution in [0.4, 0.5) is 0 Å². The summed E-state index contributed by atoms with van der Waals surface area (Å²) < 4.78 is 11.6. The molecule has 1 aromatic heterocycles. The molecule has 3 aromatic carbocycles. The predicted molar refractivity (Wildman–Crippen MR) is 154 cm³/mol. The number of carbonyl (C=O) groups excluding carboxylic acids is 1. The highest BCUT2D eigenvalue weighted by Gasteiger charge is 2.16. The number of benzene rings is 3. The summed E-state index contributed by atoms with van der Waals surface area (Å²) in [4.78, 5) is 15.2. The molecule has 0 saturated carbocycles. The first-order valence-corrected chi connectivity index (χ1v) is 13.2. The molecule has 1 unspecified atom stereocenters. The average molecular weight is 499 g/mol. The number of ether oxygens (including phenoxy) is 1. The quantitative estimate of drug-likeness (QED) is 0.221. The van der Waals surface area contributed by atoms with Crippen LogP contribution in [0.25, 0.3) is 38.4 Å². The Morgan fingerprint density at radius 1 is 1.05 bits per heavy atom. The Labute approximate surface area is 220 Å². The highest BCUT2D eigenvalue weighted by molar-refractivity contribution is 6.06. The van der Waals surface area contributed by atoms with E-state index in [1.807, 2.05) is 19.1 Å². The van der Waals surface area contributed by atoms with E-state index in [1.54, 1.807) is 19.4 Å². The number of methoxy groups -OCH3 is 1. The number of allylic oxidation sites excluding steroid dienone is 1. The van der Waals surface area contributed by atoms with E-state index in [2.05, 4.69) is 73.5 Å². The molecule has 37 heavy (non-hydrogen) atoms. The maximum absolute atomic E-state index is 12.8. The van der Waals surface area contributed by atoms with Gasteiger partial charge in [0, 0.05) is 34.7 Å². The van der Waals surface area contributed by atoms with Crippen LogP contribution in [-0.4, -0.2) is 43.6 Å². The van der Waals surface area contributed by atoms with Crippen LogP contribution in [0.15, 0.2) is 71.4 Å². The summed E-state index contributed by atoms with van der Waals surface area (Å²) in [7, 11) is 1.64. The topological polar surface area (TPSA) is 54.7 Å². The minimum Gasteiger partial charge on any atom is -0.496 e. The van der Waals surface area contributed by atoms with Gasteiger partial charge in [0.25, 0.3) is 0 Å². The van der Waals surface area contributed by atoms with Crippen LogP contribution >= 0.6 is 0 Å². The van der Waals surface area contributed by atoms with Gasteiger partial charge in [-0.3, -0.25) is 4.79 Å². The second kappa shape index (κ2) is 12.1. The summed E-state index contributed by atoms with van der Waals surface area (Å²) in [5.41, 5.74) is 4.61. The van der Waals surface area contributed by atoms with Crippen molar-refractivity contribution in [1.29, 1.82) is 0 Å². The number of fused-ring (bicyclic) bond motifs is 2. The molecular formula is C32H38N2O3. The Hall–Kier alpha value is -3.57. The molecule has 0 saturated heterocycles. The molecule has 1 N–H and O–H groups in total. The normalized spacial score (nSPS) is 12.9. The van der Waals surface area contributed by atoms with E-state index in [1.165, 1.54) is 10.8 Å². The average Bonchev–Trinajstić information content (AvgIpc) is 3.32. The highest BCUT2D eigenvalue weighted by Crippen LogP contribution is 2.39. The third-order valence-corrected chi connectivity index (χ3v) is 7.14. The summed E-state index contributed by atoms with van der Waals surface area (Å²) in [6.45, 7) is 11.6. The first-order chi connectivity index (χ1) is 17.9. The monoisotopic (exact) mass is 498 g/mol. The van der Waals surface area contributed by atoms with Gasteiger partial charge in [0.05, 0.1) is 13.4 Å². The summed E-state index contributed by atoms with van der Waals surface area (Å²) in [6, 6.07) is 18.7. The van der Waals surface area contributed by atoms with Crippen molar-refractivity contribution < 1.29 is 13.9 Å². The molecule has 0 bridgehead atoms. The van der Waals surface area contributed by atoms with Crippen LogP contribution in [0.3, 0.4) is 0 Å². The molecule has 4 rings (SSSR count). The summed E-state index contributed by atoms with van der Waals surface area (Å²) in [5.74, 6) is 0.594. The van der Waals surface area contributed by atoms with Gasteiger partial charge in [0.1, 0.15) is 11.3 Å². The molecule has 0 radical (unpaired) electrons. The number of furan rings is 1. The minimum absolute atomic E-state index is 0.0866. The number of nitrogens with zero attached hydrogens (tertiary/aromatic N) is 1. The molecule has 0 spiro atoms. The van der Waals surface area contributed by atoms with Crippen molar-refractivity contribution in [3.05, 3.63) is 72.5 Å². The van der Waals surface area contributed by atoms with Gasteiger partial charge in [0.2, 0.25) is 5.91 Å². The Bertz CT molecular complexity index is 1390. The van der Waals surface area contributed by atoms with E-state index >= 15 is 0 Å². The fourth-order valence-corrected chi connectivity index (χ4v) is 4.99. The Morgan fingerprint density at radius 2 is 1.81 bits per heavy atom. The third-order valence-electron chi connectivity index (χ3n) is 7.14. The second-order valence-electron chi connectivity index (χ2n) is 9.63. The van der Waals surface area contributed by atoms with E-state index in [0.29, 0.717) is 5.75 Å². The van der Waals surface area contributed by atoms with E-state index < -0.39 is 0 Å². The van der Waals surface area contributed by atoms with Gasteiger partial charge in [-0.15, -0.1) is 0 Å². The Morgan fingerprint density at radius 3 is 2.57 bits per heavy atom. The number of nitrogens with one attached hydrogen (secondary N) is 1. The maximum Gasteiger partial charge on any atom is 0.244 e. The van der Waals surface area contributed by atoms with Gasteiger partial charge in [-0.25, -0.2) is 0 Å². The molecule has 194 valence electrons. The highest BCUT2D eigenvalue weighted by atomic mass is 16.5. The van der Waals surface area contributed by atoms with E-state index in [4.69, 9.17) is 9.15 Å². The molecule has 1 atom stereocenters. The zero-order valence-electron chi connectivity index (χ0n) is 22.6.